The number of aliphatic hydroxyl groups is 1. The molecule has 1 atom stereocenters. The average molecular weight is 443 g/mol. The highest BCUT2D eigenvalue weighted by molar-refractivity contribution is 6.16. The Labute approximate surface area is 193 Å². The second kappa shape index (κ2) is 9.69. The van der Waals surface area contributed by atoms with Crippen LogP contribution in [0, 0.1) is 5.92 Å². The number of hydrogen-bond donors (Lipinski definition) is 1. The summed E-state index contributed by atoms with van der Waals surface area (Å²) in [5.41, 5.74) is 2.38. The van der Waals surface area contributed by atoms with Gasteiger partial charge in [-0.05, 0) is 47.4 Å². The lowest BCUT2D eigenvalue weighted by Crippen LogP contribution is -2.31. The summed E-state index contributed by atoms with van der Waals surface area (Å²) in [5, 5.41) is 10.7. The number of nitrogens with zero attached hydrogens (tertiary/aromatic N) is 2. The van der Waals surface area contributed by atoms with E-state index in [0.717, 1.165) is 5.56 Å². The van der Waals surface area contributed by atoms with Gasteiger partial charge in [0.25, 0.3) is 5.91 Å². The molecule has 0 saturated carbocycles. The number of carbonyl (C=O) groups is 2. The molecule has 1 aliphatic rings. The number of ether oxygens (including phenoxy) is 1. The van der Waals surface area contributed by atoms with Crippen molar-refractivity contribution in [1.82, 2.24) is 4.98 Å². The van der Waals surface area contributed by atoms with Crippen molar-refractivity contribution in [1.29, 1.82) is 0 Å². The van der Waals surface area contributed by atoms with Crippen LogP contribution in [0.4, 0.5) is 5.69 Å². The van der Waals surface area contributed by atoms with E-state index in [1.54, 1.807) is 48.8 Å². The van der Waals surface area contributed by atoms with Crippen molar-refractivity contribution in [2.45, 2.75) is 32.9 Å². The van der Waals surface area contributed by atoms with Crippen LogP contribution in [0.3, 0.4) is 0 Å². The molecule has 1 amide bonds. The summed E-state index contributed by atoms with van der Waals surface area (Å²) < 4.78 is 5.84. The first-order valence-electron chi connectivity index (χ1n) is 10.9. The van der Waals surface area contributed by atoms with Gasteiger partial charge in [0.15, 0.2) is 11.5 Å². The zero-order chi connectivity index (χ0) is 23.4. The maximum atomic E-state index is 13.1. The molecule has 0 aliphatic carbocycles. The summed E-state index contributed by atoms with van der Waals surface area (Å²) in [6.07, 6.45) is 3.48. The van der Waals surface area contributed by atoms with Crippen LogP contribution in [-0.4, -0.2) is 21.8 Å². The van der Waals surface area contributed by atoms with Crippen molar-refractivity contribution in [3.8, 4) is 5.75 Å². The molecule has 3 aromatic rings. The molecular weight excluding hydrogens is 416 g/mol. The number of anilines is 1. The molecular formula is C27H26N2O4. The first kappa shape index (κ1) is 22.3. The smallest absolute Gasteiger partial charge is 0.294 e. The van der Waals surface area contributed by atoms with Crippen LogP contribution < -0.4 is 9.64 Å². The Morgan fingerprint density at radius 3 is 2.42 bits per heavy atom. The van der Waals surface area contributed by atoms with Gasteiger partial charge in [0.05, 0.1) is 11.6 Å². The zero-order valence-electron chi connectivity index (χ0n) is 18.6. The zero-order valence-corrected chi connectivity index (χ0v) is 18.6. The van der Waals surface area contributed by atoms with Gasteiger partial charge < -0.3 is 9.84 Å². The van der Waals surface area contributed by atoms with Crippen molar-refractivity contribution in [2.24, 2.45) is 5.92 Å². The molecule has 0 bridgehead atoms. The third-order valence-corrected chi connectivity index (χ3v) is 5.47. The number of hydrogen-bond acceptors (Lipinski definition) is 5. The Morgan fingerprint density at radius 1 is 1.06 bits per heavy atom. The van der Waals surface area contributed by atoms with E-state index < -0.39 is 17.7 Å². The molecule has 0 radical (unpaired) electrons. The minimum Gasteiger partial charge on any atom is -0.503 e. The van der Waals surface area contributed by atoms with E-state index in [0.29, 0.717) is 23.6 Å². The number of pyridine rings is 1. The highest BCUT2D eigenvalue weighted by Gasteiger charge is 2.44. The summed E-state index contributed by atoms with van der Waals surface area (Å²) >= 11 is 0. The molecule has 1 N–H and O–H groups in total. The van der Waals surface area contributed by atoms with Gasteiger partial charge in [0.1, 0.15) is 12.4 Å². The first-order valence-corrected chi connectivity index (χ1v) is 10.9. The largest absolute Gasteiger partial charge is 0.503 e. The van der Waals surface area contributed by atoms with Gasteiger partial charge in [0, 0.05) is 24.5 Å². The third-order valence-electron chi connectivity index (χ3n) is 5.47. The van der Waals surface area contributed by atoms with Gasteiger partial charge in [0.2, 0.25) is 0 Å². The normalized spacial score (nSPS) is 15.9. The molecule has 2 heterocycles. The molecule has 1 unspecified atom stereocenters. The van der Waals surface area contributed by atoms with Gasteiger partial charge in [-0.15, -0.1) is 0 Å². The van der Waals surface area contributed by atoms with Gasteiger partial charge in [-0.3, -0.25) is 19.5 Å². The predicted molar refractivity (Wildman–Crippen MR) is 126 cm³/mol. The number of aromatic nitrogens is 1. The van der Waals surface area contributed by atoms with Crippen LogP contribution in [0.1, 0.15) is 37.4 Å². The molecule has 6 nitrogen and oxygen atoms in total. The second-order valence-corrected chi connectivity index (χ2v) is 8.42. The maximum Gasteiger partial charge on any atom is 0.294 e. The Hall–Kier alpha value is -3.93. The highest BCUT2D eigenvalue weighted by Crippen LogP contribution is 2.41. The summed E-state index contributed by atoms with van der Waals surface area (Å²) in [6, 6.07) is 19.7. The van der Waals surface area contributed by atoms with Gasteiger partial charge in [-0.1, -0.05) is 50.2 Å². The molecule has 4 rings (SSSR count). The topological polar surface area (TPSA) is 79.7 Å². The van der Waals surface area contributed by atoms with Crippen LogP contribution in [-0.2, 0) is 16.2 Å². The van der Waals surface area contributed by atoms with E-state index >= 15 is 0 Å². The van der Waals surface area contributed by atoms with Crippen molar-refractivity contribution in [2.75, 3.05) is 4.90 Å². The molecule has 2 aromatic carbocycles. The molecule has 168 valence electrons. The Bertz CT molecular complexity index is 1160. The van der Waals surface area contributed by atoms with Gasteiger partial charge in [-0.2, -0.15) is 0 Å². The van der Waals surface area contributed by atoms with Crippen LogP contribution in [0.15, 0.2) is 90.5 Å². The molecule has 0 spiro atoms. The SMILES string of the molecule is CC(C)CC(=O)C1=C(O)C(=O)N(c2ccc(OCc3ccccc3)cc2)C1c1cccnc1. The van der Waals surface area contributed by atoms with Crippen molar-refractivity contribution >= 4 is 17.4 Å². The lowest BCUT2D eigenvalue weighted by Gasteiger charge is -2.27. The van der Waals surface area contributed by atoms with Crippen LogP contribution in [0.2, 0.25) is 0 Å². The van der Waals surface area contributed by atoms with E-state index in [9.17, 15) is 14.7 Å². The summed E-state index contributed by atoms with van der Waals surface area (Å²) in [4.78, 5) is 31.7. The van der Waals surface area contributed by atoms with E-state index in [1.807, 2.05) is 44.2 Å². The van der Waals surface area contributed by atoms with E-state index in [2.05, 4.69) is 4.98 Å². The third kappa shape index (κ3) is 4.80. The number of benzene rings is 2. The highest BCUT2D eigenvalue weighted by atomic mass is 16.5. The molecule has 33 heavy (non-hydrogen) atoms. The number of ketones is 1. The maximum absolute atomic E-state index is 13.1. The standard InChI is InChI=1S/C27H26N2O4/c1-18(2)15-23(30)24-25(20-9-6-14-28-16-20)29(27(32)26(24)31)21-10-12-22(13-11-21)33-17-19-7-4-3-5-8-19/h3-14,16,18,25,31H,15,17H2,1-2H3. The molecule has 0 saturated heterocycles. The second-order valence-electron chi connectivity index (χ2n) is 8.42. The minimum atomic E-state index is -0.742. The van der Waals surface area contributed by atoms with Crippen LogP contribution in [0.25, 0.3) is 0 Å². The van der Waals surface area contributed by atoms with Crippen molar-refractivity contribution in [3.05, 3.63) is 102 Å². The number of aliphatic hydroxyl groups excluding tert-OH is 1. The number of carbonyl (C=O) groups excluding carboxylic acids is 2. The molecule has 1 aliphatic heterocycles. The molecule has 0 fully saturated rings. The summed E-state index contributed by atoms with van der Waals surface area (Å²) in [5.74, 6) is -0.596. The average Bonchev–Trinajstić information content (AvgIpc) is 3.09. The van der Waals surface area contributed by atoms with Gasteiger partial charge >= 0.3 is 0 Å². The Balaban J connectivity index is 1.63. The van der Waals surface area contributed by atoms with Crippen LogP contribution in [0.5, 0.6) is 5.75 Å². The predicted octanol–water partition coefficient (Wildman–Crippen LogP) is 5.18. The minimum absolute atomic E-state index is 0.0950. The monoisotopic (exact) mass is 442 g/mol. The fraction of sp³-hybridized carbons (Fsp3) is 0.222. The quantitative estimate of drug-likeness (QED) is 0.520. The van der Waals surface area contributed by atoms with E-state index in [1.165, 1.54) is 4.90 Å². The number of amides is 1. The lowest BCUT2D eigenvalue weighted by atomic mass is 9.93. The fourth-order valence-corrected chi connectivity index (χ4v) is 3.93. The Morgan fingerprint density at radius 2 is 1.79 bits per heavy atom. The summed E-state index contributed by atoms with van der Waals surface area (Å²) in [6.45, 7) is 4.28. The fourth-order valence-electron chi connectivity index (χ4n) is 3.93. The van der Waals surface area contributed by atoms with Crippen LogP contribution >= 0.6 is 0 Å². The lowest BCUT2D eigenvalue weighted by molar-refractivity contribution is -0.118. The van der Waals surface area contributed by atoms with E-state index in [-0.39, 0.29) is 23.7 Å². The van der Waals surface area contributed by atoms with E-state index in [4.69, 9.17) is 4.74 Å². The van der Waals surface area contributed by atoms with Gasteiger partial charge in [-0.25, -0.2) is 0 Å². The number of Topliss-reactive ketones (excluding diaryl/α,β-unsaturated/α-hetero) is 1. The van der Waals surface area contributed by atoms with Crippen molar-refractivity contribution in [3.63, 3.8) is 0 Å². The first-order chi connectivity index (χ1) is 16.0. The number of rotatable bonds is 8. The summed E-state index contributed by atoms with van der Waals surface area (Å²) in [7, 11) is 0. The molecule has 1 aromatic heterocycles. The van der Waals surface area contributed by atoms with Crippen molar-refractivity contribution < 1.29 is 19.4 Å². The molecule has 6 heteroatoms. The Kier molecular flexibility index (Phi) is 6.54.